The van der Waals surface area contributed by atoms with E-state index in [-0.39, 0.29) is 24.8 Å². The molecule has 98 valence electrons. The minimum Gasteiger partial charge on any atom is -0.481 e. The zero-order valence-electron chi connectivity index (χ0n) is 10.6. The van der Waals surface area contributed by atoms with Crippen molar-refractivity contribution in [1.29, 1.82) is 0 Å². The summed E-state index contributed by atoms with van der Waals surface area (Å²) in [4.78, 5) is 21.9. The summed E-state index contributed by atoms with van der Waals surface area (Å²) in [7, 11) is 0. The van der Waals surface area contributed by atoms with Gasteiger partial charge >= 0.3 is 5.97 Å². The van der Waals surface area contributed by atoms with Gasteiger partial charge < -0.3 is 10.4 Å². The lowest BCUT2D eigenvalue weighted by atomic mass is 9.93. The van der Waals surface area contributed by atoms with Crippen molar-refractivity contribution in [3.63, 3.8) is 0 Å². The van der Waals surface area contributed by atoms with Crippen LogP contribution in [-0.4, -0.2) is 23.0 Å². The van der Waals surface area contributed by atoms with Gasteiger partial charge in [-0.05, 0) is 25.7 Å². The summed E-state index contributed by atoms with van der Waals surface area (Å²) in [6.07, 6.45) is 7.47. The SMILES string of the molecule is C[C@@H](NC(=O)CCC(=O)O)C1CCCCCC1. The predicted molar refractivity (Wildman–Crippen MR) is 65.7 cm³/mol. The van der Waals surface area contributed by atoms with E-state index in [1.807, 2.05) is 6.92 Å². The molecule has 1 aliphatic carbocycles. The molecule has 0 spiro atoms. The highest BCUT2D eigenvalue weighted by atomic mass is 16.4. The molecule has 0 aliphatic heterocycles. The largest absolute Gasteiger partial charge is 0.481 e. The van der Waals surface area contributed by atoms with Crippen LogP contribution in [0, 0.1) is 5.92 Å². The summed E-state index contributed by atoms with van der Waals surface area (Å²) in [5.41, 5.74) is 0. The number of carboxylic acids is 1. The van der Waals surface area contributed by atoms with E-state index in [9.17, 15) is 9.59 Å². The lowest BCUT2D eigenvalue weighted by Crippen LogP contribution is -2.38. The van der Waals surface area contributed by atoms with Crippen molar-refractivity contribution in [2.75, 3.05) is 0 Å². The van der Waals surface area contributed by atoms with E-state index in [4.69, 9.17) is 5.11 Å². The Bertz CT molecular complexity index is 257. The van der Waals surface area contributed by atoms with Crippen molar-refractivity contribution in [1.82, 2.24) is 5.32 Å². The lowest BCUT2D eigenvalue weighted by molar-refractivity contribution is -0.139. The summed E-state index contributed by atoms with van der Waals surface area (Å²) in [6, 6.07) is 0.175. The molecule has 0 aromatic carbocycles. The van der Waals surface area contributed by atoms with E-state index >= 15 is 0 Å². The first-order chi connectivity index (χ1) is 8.09. The van der Waals surface area contributed by atoms with Crippen LogP contribution in [0.5, 0.6) is 0 Å². The van der Waals surface area contributed by atoms with Gasteiger partial charge in [-0.25, -0.2) is 0 Å². The van der Waals surface area contributed by atoms with Crippen LogP contribution in [0.1, 0.15) is 58.3 Å². The fraction of sp³-hybridized carbons (Fsp3) is 0.846. The Labute approximate surface area is 103 Å². The quantitative estimate of drug-likeness (QED) is 0.726. The van der Waals surface area contributed by atoms with Gasteiger partial charge in [-0.3, -0.25) is 9.59 Å². The van der Waals surface area contributed by atoms with Crippen molar-refractivity contribution in [2.24, 2.45) is 5.92 Å². The summed E-state index contributed by atoms with van der Waals surface area (Å²) >= 11 is 0. The molecule has 1 atom stereocenters. The summed E-state index contributed by atoms with van der Waals surface area (Å²) in [5, 5.41) is 11.4. The van der Waals surface area contributed by atoms with E-state index < -0.39 is 5.97 Å². The van der Waals surface area contributed by atoms with Crippen molar-refractivity contribution < 1.29 is 14.7 Å². The second kappa shape index (κ2) is 7.30. The Morgan fingerprint density at radius 2 is 1.76 bits per heavy atom. The fourth-order valence-corrected chi connectivity index (χ4v) is 2.48. The number of carbonyl (C=O) groups excluding carboxylic acids is 1. The zero-order chi connectivity index (χ0) is 12.7. The lowest BCUT2D eigenvalue weighted by Gasteiger charge is -2.23. The van der Waals surface area contributed by atoms with Crippen molar-refractivity contribution >= 4 is 11.9 Å². The Kier molecular flexibility index (Phi) is 6.01. The van der Waals surface area contributed by atoms with Gasteiger partial charge in [0, 0.05) is 12.5 Å². The Morgan fingerprint density at radius 1 is 1.18 bits per heavy atom. The van der Waals surface area contributed by atoms with Crippen LogP contribution in [0.2, 0.25) is 0 Å². The molecule has 17 heavy (non-hydrogen) atoms. The second-order valence-corrected chi connectivity index (χ2v) is 5.00. The molecule has 2 N–H and O–H groups in total. The predicted octanol–water partition coefficient (Wildman–Crippen LogP) is 2.33. The normalized spacial score (nSPS) is 19.4. The van der Waals surface area contributed by atoms with Gasteiger partial charge in [-0.2, -0.15) is 0 Å². The highest BCUT2D eigenvalue weighted by molar-refractivity contribution is 5.80. The zero-order valence-corrected chi connectivity index (χ0v) is 10.6. The van der Waals surface area contributed by atoms with Crippen LogP contribution in [0.25, 0.3) is 0 Å². The molecule has 1 aliphatic rings. The molecule has 1 amide bonds. The highest BCUT2D eigenvalue weighted by Crippen LogP contribution is 2.25. The van der Waals surface area contributed by atoms with E-state index in [2.05, 4.69) is 5.32 Å². The molecule has 0 bridgehead atoms. The molecule has 0 heterocycles. The maximum atomic E-state index is 11.5. The minimum atomic E-state index is -0.915. The molecule has 4 nitrogen and oxygen atoms in total. The van der Waals surface area contributed by atoms with E-state index in [0.29, 0.717) is 5.92 Å². The molecule has 0 saturated heterocycles. The molecule has 0 radical (unpaired) electrons. The first-order valence-electron chi connectivity index (χ1n) is 6.60. The van der Waals surface area contributed by atoms with Crippen LogP contribution in [-0.2, 0) is 9.59 Å². The topological polar surface area (TPSA) is 66.4 Å². The third-order valence-electron chi connectivity index (χ3n) is 3.56. The van der Waals surface area contributed by atoms with Gasteiger partial charge in [-0.15, -0.1) is 0 Å². The summed E-state index contributed by atoms with van der Waals surface area (Å²) in [5.74, 6) is -0.488. The first kappa shape index (κ1) is 14.0. The fourth-order valence-electron chi connectivity index (χ4n) is 2.48. The highest BCUT2D eigenvalue weighted by Gasteiger charge is 2.20. The average molecular weight is 241 g/mol. The summed E-state index contributed by atoms with van der Waals surface area (Å²) < 4.78 is 0. The maximum Gasteiger partial charge on any atom is 0.303 e. The number of carbonyl (C=O) groups is 2. The van der Waals surface area contributed by atoms with E-state index in [1.54, 1.807) is 0 Å². The Hall–Kier alpha value is -1.06. The van der Waals surface area contributed by atoms with Gasteiger partial charge in [0.05, 0.1) is 6.42 Å². The van der Waals surface area contributed by atoms with Gasteiger partial charge in [0.2, 0.25) is 5.91 Å². The Morgan fingerprint density at radius 3 is 2.29 bits per heavy atom. The number of nitrogens with one attached hydrogen (secondary N) is 1. The van der Waals surface area contributed by atoms with Crippen molar-refractivity contribution in [3.05, 3.63) is 0 Å². The van der Waals surface area contributed by atoms with Gasteiger partial charge in [0.15, 0.2) is 0 Å². The smallest absolute Gasteiger partial charge is 0.303 e. The van der Waals surface area contributed by atoms with Gasteiger partial charge in [-0.1, -0.05) is 25.7 Å². The van der Waals surface area contributed by atoms with Crippen LogP contribution < -0.4 is 5.32 Å². The number of aliphatic carboxylic acids is 1. The number of rotatable bonds is 5. The number of hydrogen-bond donors (Lipinski definition) is 2. The second-order valence-electron chi connectivity index (χ2n) is 5.00. The van der Waals surface area contributed by atoms with Crippen LogP contribution in [0.3, 0.4) is 0 Å². The summed E-state index contributed by atoms with van der Waals surface area (Å²) in [6.45, 7) is 2.04. The monoisotopic (exact) mass is 241 g/mol. The van der Waals surface area contributed by atoms with Crippen LogP contribution in [0.4, 0.5) is 0 Å². The molecule has 4 heteroatoms. The van der Waals surface area contributed by atoms with Crippen molar-refractivity contribution in [2.45, 2.75) is 64.3 Å². The number of hydrogen-bond acceptors (Lipinski definition) is 2. The number of amides is 1. The van der Waals surface area contributed by atoms with Gasteiger partial charge in [0.1, 0.15) is 0 Å². The molecule has 1 rings (SSSR count). The molecular formula is C13H23NO3. The van der Waals surface area contributed by atoms with Crippen molar-refractivity contribution in [3.8, 4) is 0 Å². The molecule has 1 saturated carbocycles. The molecule has 1 fully saturated rings. The van der Waals surface area contributed by atoms with E-state index in [1.165, 1.54) is 38.5 Å². The van der Waals surface area contributed by atoms with Crippen LogP contribution in [0.15, 0.2) is 0 Å². The molecule has 0 aromatic heterocycles. The third-order valence-corrected chi connectivity index (χ3v) is 3.56. The minimum absolute atomic E-state index is 0.0801. The third kappa shape index (κ3) is 5.71. The standard InChI is InChI=1S/C13H23NO3/c1-10(11-6-4-2-3-5-7-11)14-12(15)8-9-13(16)17/h10-11H,2-9H2,1H3,(H,14,15)(H,16,17)/t10-/m1/s1. The molecule has 0 unspecified atom stereocenters. The first-order valence-corrected chi connectivity index (χ1v) is 6.60. The average Bonchev–Trinajstić information content (AvgIpc) is 2.54. The molecular weight excluding hydrogens is 218 g/mol. The number of carboxylic acid groups (broad SMARTS) is 1. The Balaban J connectivity index is 2.28. The van der Waals surface area contributed by atoms with Gasteiger partial charge in [0.25, 0.3) is 0 Å². The van der Waals surface area contributed by atoms with E-state index in [0.717, 1.165) is 0 Å². The van der Waals surface area contributed by atoms with Crippen LogP contribution >= 0.6 is 0 Å². The maximum absolute atomic E-state index is 11.5. The molecule has 0 aromatic rings.